The SMILES string of the molecule is CC1OCCC1N(C)C(=O)c1ccc(F)cc1. The van der Waals surface area contributed by atoms with E-state index in [1.165, 1.54) is 24.3 Å². The van der Waals surface area contributed by atoms with Gasteiger partial charge in [0.25, 0.3) is 5.91 Å². The van der Waals surface area contributed by atoms with Crippen LogP contribution in [0.1, 0.15) is 23.7 Å². The van der Waals surface area contributed by atoms with Crippen molar-refractivity contribution < 1.29 is 13.9 Å². The Morgan fingerprint density at radius 3 is 2.59 bits per heavy atom. The minimum Gasteiger partial charge on any atom is -0.376 e. The summed E-state index contributed by atoms with van der Waals surface area (Å²) in [5, 5.41) is 0. The second kappa shape index (κ2) is 4.84. The molecule has 1 fully saturated rings. The molecule has 2 unspecified atom stereocenters. The van der Waals surface area contributed by atoms with Crippen LogP contribution in [0.3, 0.4) is 0 Å². The van der Waals surface area contributed by atoms with E-state index < -0.39 is 0 Å². The molecule has 1 aliphatic rings. The first-order valence-electron chi connectivity index (χ1n) is 5.74. The zero-order valence-corrected chi connectivity index (χ0v) is 10.0. The second-order valence-electron chi connectivity index (χ2n) is 4.35. The highest BCUT2D eigenvalue weighted by molar-refractivity contribution is 5.94. The van der Waals surface area contributed by atoms with E-state index in [4.69, 9.17) is 4.74 Å². The molecule has 1 heterocycles. The van der Waals surface area contributed by atoms with Crippen LogP contribution in [0.5, 0.6) is 0 Å². The van der Waals surface area contributed by atoms with Crippen LogP contribution < -0.4 is 0 Å². The average molecular weight is 237 g/mol. The molecular weight excluding hydrogens is 221 g/mol. The molecule has 2 rings (SSSR count). The molecule has 1 saturated heterocycles. The summed E-state index contributed by atoms with van der Waals surface area (Å²) in [5.74, 6) is -0.422. The van der Waals surface area contributed by atoms with Gasteiger partial charge < -0.3 is 9.64 Å². The lowest BCUT2D eigenvalue weighted by atomic mass is 10.1. The molecule has 0 saturated carbocycles. The number of rotatable bonds is 2. The molecule has 0 radical (unpaired) electrons. The van der Waals surface area contributed by atoms with Crippen LogP contribution in [0, 0.1) is 5.82 Å². The molecule has 2 atom stereocenters. The van der Waals surface area contributed by atoms with Gasteiger partial charge in [0.05, 0.1) is 12.1 Å². The Bertz CT molecular complexity index is 404. The number of hydrogen-bond acceptors (Lipinski definition) is 2. The Kier molecular flexibility index (Phi) is 3.43. The number of nitrogens with zero attached hydrogens (tertiary/aromatic N) is 1. The van der Waals surface area contributed by atoms with Crippen LogP contribution in [-0.4, -0.2) is 36.6 Å². The Morgan fingerprint density at radius 1 is 1.41 bits per heavy atom. The normalized spacial score (nSPS) is 23.7. The molecule has 3 nitrogen and oxygen atoms in total. The van der Waals surface area contributed by atoms with Crippen molar-refractivity contribution in [3.8, 4) is 0 Å². The Labute approximate surface area is 100 Å². The van der Waals surface area contributed by atoms with Gasteiger partial charge in [-0.1, -0.05) is 0 Å². The van der Waals surface area contributed by atoms with E-state index in [0.29, 0.717) is 12.2 Å². The quantitative estimate of drug-likeness (QED) is 0.788. The summed E-state index contributed by atoms with van der Waals surface area (Å²) >= 11 is 0. The largest absolute Gasteiger partial charge is 0.376 e. The van der Waals surface area contributed by atoms with E-state index >= 15 is 0 Å². The van der Waals surface area contributed by atoms with Crippen molar-refractivity contribution in [2.24, 2.45) is 0 Å². The number of hydrogen-bond donors (Lipinski definition) is 0. The number of amides is 1. The molecule has 4 heteroatoms. The molecular formula is C13H16FNO2. The maximum absolute atomic E-state index is 12.8. The van der Waals surface area contributed by atoms with E-state index in [1.54, 1.807) is 11.9 Å². The first-order valence-corrected chi connectivity index (χ1v) is 5.74. The molecule has 1 aromatic carbocycles. The summed E-state index contributed by atoms with van der Waals surface area (Å²) < 4.78 is 18.2. The van der Waals surface area contributed by atoms with E-state index in [2.05, 4.69) is 0 Å². The topological polar surface area (TPSA) is 29.5 Å². The molecule has 0 N–H and O–H groups in total. The van der Waals surface area contributed by atoms with Gasteiger partial charge in [-0.05, 0) is 37.6 Å². The van der Waals surface area contributed by atoms with Crippen LogP contribution in [0.2, 0.25) is 0 Å². The highest BCUT2D eigenvalue weighted by atomic mass is 19.1. The first-order chi connectivity index (χ1) is 8.09. The number of carbonyl (C=O) groups excluding carboxylic acids is 1. The highest BCUT2D eigenvalue weighted by Gasteiger charge is 2.30. The van der Waals surface area contributed by atoms with E-state index in [9.17, 15) is 9.18 Å². The molecule has 17 heavy (non-hydrogen) atoms. The smallest absolute Gasteiger partial charge is 0.253 e. The van der Waals surface area contributed by atoms with Crippen molar-refractivity contribution in [3.63, 3.8) is 0 Å². The van der Waals surface area contributed by atoms with Gasteiger partial charge in [0.1, 0.15) is 5.82 Å². The number of ether oxygens (including phenoxy) is 1. The van der Waals surface area contributed by atoms with E-state index in [-0.39, 0.29) is 23.9 Å². The van der Waals surface area contributed by atoms with Crippen molar-refractivity contribution in [2.45, 2.75) is 25.5 Å². The maximum Gasteiger partial charge on any atom is 0.253 e. The van der Waals surface area contributed by atoms with Crippen LogP contribution in [0.25, 0.3) is 0 Å². The molecule has 0 bridgehead atoms. The van der Waals surface area contributed by atoms with Gasteiger partial charge in [0.15, 0.2) is 0 Å². The maximum atomic E-state index is 12.8. The fourth-order valence-corrected chi connectivity index (χ4v) is 2.18. The van der Waals surface area contributed by atoms with Gasteiger partial charge in [-0.15, -0.1) is 0 Å². The summed E-state index contributed by atoms with van der Waals surface area (Å²) in [6.07, 6.45) is 0.911. The molecule has 1 aromatic rings. The van der Waals surface area contributed by atoms with Gasteiger partial charge in [-0.3, -0.25) is 4.79 Å². The van der Waals surface area contributed by atoms with Crippen LogP contribution >= 0.6 is 0 Å². The Balaban J connectivity index is 2.11. The molecule has 92 valence electrons. The zero-order chi connectivity index (χ0) is 12.4. The Morgan fingerprint density at radius 2 is 2.06 bits per heavy atom. The van der Waals surface area contributed by atoms with E-state index in [1.807, 2.05) is 6.92 Å². The minimum absolute atomic E-state index is 0.0596. The van der Waals surface area contributed by atoms with E-state index in [0.717, 1.165) is 6.42 Å². The molecule has 0 spiro atoms. The summed E-state index contributed by atoms with van der Waals surface area (Å²) in [6, 6.07) is 5.72. The zero-order valence-electron chi connectivity index (χ0n) is 10.0. The fraction of sp³-hybridized carbons (Fsp3) is 0.462. The third kappa shape index (κ3) is 2.47. The third-order valence-corrected chi connectivity index (χ3v) is 3.25. The minimum atomic E-state index is -0.332. The summed E-state index contributed by atoms with van der Waals surface area (Å²) in [5.41, 5.74) is 0.507. The van der Waals surface area contributed by atoms with Gasteiger partial charge >= 0.3 is 0 Å². The third-order valence-electron chi connectivity index (χ3n) is 3.25. The van der Waals surface area contributed by atoms with Crippen molar-refractivity contribution in [2.75, 3.05) is 13.7 Å². The predicted molar refractivity (Wildman–Crippen MR) is 62.3 cm³/mol. The Hall–Kier alpha value is -1.42. The summed E-state index contributed by atoms with van der Waals surface area (Å²) in [7, 11) is 1.77. The molecule has 0 aromatic heterocycles. The second-order valence-corrected chi connectivity index (χ2v) is 4.35. The van der Waals surface area contributed by atoms with Gasteiger partial charge in [-0.2, -0.15) is 0 Å². The lowest BCUT2D eigenvalue weighted by molar-refractivity contribution is 0.0574. The van der Waals surface area contributed by atoms with Crippen molar-refractivity contribution in [1.82, 2.24) is 4.90 Å². The van der Waals surface area contributed by atoms with Crippen LogP contribution in [0.4, 0.5) is 4.39 Å². The van der Waals surface area contributed by atoms with Crippen molar-refractivity contribution in [1.29, 1.82) is 0 Å². The predicted octanol–water partition coefficient (Wildman–Crippen LogP) is 2.08. The van der Waals surface area contributed by atoms with Crippen molar-refractivity contribution in [3.05, 3.63) is 35.6 Å². The van der Waals surface area contributed by atoms with Crippen molar-refractivity contribution >= 4 is 5.91 Å². The number of benzene rings is 1. The highest BCUT2D eigenvalue weighted by Crippen LogP contribution is 2.20. The van der Waals surface area contributed by atoms with Gasteiger partial charge in [-0.25, -0.2) is 4.39 Å². The number of likely N-dealkylation sites (N-methyl/N-ethyl adjacent to an activating group) is 1. The van der Waals surface area contributed by atoms with Gasteiger partial charge in [0, 0.05) is 19.2 Å². The average Bonchev–Trinajstić information content (AvgIpc) is 2.74. The lowest BCUT2D eigenvalue weighted by Crippen LogP contribution is -2.40. The first kappa shape index (κ1) is 12.0. The molecule has 1 aliphatic heterocycles. The molecule has 1 amide bonds. The lowest BCUT2D eigenvalue weighted by Gasteiger charge is -2.26. The number of carbonyl (C=O) groups is 1. The summed E-state index contributed by atoms with van der Waals surface area (Å²) in [4.78, 5) is 13.8. The van der Waals surface area contributed by atoms with Gasteiger partial charge in [0.2, 0.25) is 0 Å². The van der Waals surface area contributed by atoms with Crippen LogP contribution in [-0.2, 0) is 4.74 Å². The monoisotopic (exact) mass is 237 g/mol. The summed E-state index contributed by atoms with van der Waals surface area (Å²) in [6.45, 7) is 2.65. The standard InChI is InChI=1S/C13H16FNO2/c1-9-12(7-8-17-9)15(2)13(16)10-3-5-11(14)6-4-10/h3-6,9,12H,7-8H2,1-2H3. The van der Waals surface area contributed by atoms with Crippen LogP contribution in [0.15, 0.2) is 24.3 Å². The molecule has 0 aliphatic carbocycles. The fourth-order valence-electron chi connectivity index (χ4n) is 2.18. The number of halogens is 1.